The van der Waals surface area contributed by atoms with Crippen LogP contribution in [0.1, 0.15) is 19.8 Å². The first kappa shape index (κ1) is 21.7. The maximum Gasteiger partial charge on any atom is 0.409 e. The molecule has 1 aromatic carbocycles. The summed E-state index contributed by atoms with van der Waals surface area (Å²) in [6, 6.07) is 3.47. The Morgan fingerprint density at radius 1 is 1.28 bits per heavy atom. The van der Waals surface area contributed by atoms with Crippen LogP contribution in [-0.2, 0) is 9.47 Å². The van der Waals surface area contributed by atoms with Crippen molar-refractivity contribution in [3.8, 4) is 5.75 Å². The topological polar surface area (TPSA) is 71.5 Å². The third-order valence-corrected chi connectivity index (χ3v) is 5.30. The van der Waals surface area contributed by atoms with Gasteiger partial charge in [0.25, 0.3) is 0 Å². The van der Waals surface area contributed by atoms with Crippen molar-refractivity contribution in [2.75, 3.05) is 52.6 Å². The van der Waals surface area contributed by atoms with E-state index >= 15 is 0 Å². The van der Waals surface area contributed by atoms with Crippen molar-refractivity contribution in [2.24, 2.45) is 0 Å². The van der Waals surface area contributed by atoms with E-state index in [1.54, 1.807) is 11.8 Å². The summed E-state index contributed by atoms with van der Waals surface area (Å²) in [5, 5.41) is 11.0. The molecule has 0 spiro atoms. The number of amides is 1. The molecular formula is C20H28F2N2O5. The molecule has 0 aromatic heterocycles. The number of β-amino-alcohol motifs (C(OH)–C–C–N with tert-alkyl or cyclic N) is 1. The fourth-order valence-corrected chi connectivity index (χ4v) is 3.76. The molecule has 162 valence electrons. The van der Waals surface area contributed by atoms with Gasteiger partial charge in [-0.1, -0.05) is 0 Å². The van der Waals surface area contributed by atoms with Crippen LogP contribution in [0.4, 0.5) is 13.6 Å². The lowest BCUT2D eigenvalue weighted by atomic mass is 10.00. The van der Waals surface area contributed by atoms with E-state index in [1.807, 2.05) is 0 Å². The van der Waals surface area contributed by atoms with Crippen LogP contribution in [0, 0.1) is 11.6 Å². The Balaban J connectivity index is 1.56. The predicted molar refractivity (Wildman–Crippen MR) is 101 cm³/mol. The van der Waals surface area contributed by atoms with Crippen LogP contribution in [0.25, 0.3) is 0 Å². The van der Waals surface area contributed by atoms with E-state index in [9.17, 15) is 18.7 Å². The van der Waals surface area contributed by atoms with Gasteiger partial charge in [0.1, 0.15) is 18.0 Å². The molecule has 7 nitrogen and oxygen atoms in total. The number of rotatable bonds is 5. The highest BCUT2D eigenvalue weighted by molar-refractivity contribution is 5.67. The number of aliphatic hydroxyl groups is 1. The van der Waals surface area contributed by atoms with Crippen LogP contribution < -0.4 is 4.74 Å². The number of carbonyl (C=O) groups excluding carboxylic acids is 1. The average Bonchev–Trinajstić information content (AvgIpc) is 2.91. The Hall–Kier alpha value is -1.97. The summed E-state index contributed by atoms with van der Waals surface area (Å²) in [6.45, 7) is 4.81. The average molecular weight is 414 g/mol. The van der Waals surface area contributed by atoms with Crippen LogP contribution in [0.5, 0.6) is 5.75 Å². The van der Waals surface area contributed by atoms with E-state index in [0.29, 0.717) is 39.4 Å². The van der Waals surface area contributed by atoms with Gasteiger partial charge in [0, 0.05) is 38.3 Å². The molecule has 2 aliphatic heterocycles. The number of nitrogens with zero attached hydrogens (tertiary/aromatic N) is 2. The van der Waals surface area contributed by atoms with E-state index < -0.39 is 17.2 Å². The second-order valence-electron chi connectivity index (χ2n) is 7.53. The van der Waals surface area contributed by atoms with Gasteiger partial charge in [0.15, 0.2) is 11.6 Å². The molecule has 0 radical (unpaired) electrons. The summed E-state index contributed by atoms with van der Waals surface area (Å²) < 4.78 is 42.6. The number of likely N-dealkylation sites (tertiary alicyclic amines) is 1. The predicted octanol–water partition coefficient (Wildman–Crippen LogP) is 2.03. The third-order valence-electron chi connectivity index (χ3n) is 5.30. The summed E-state index contributed by atoms with van der Waals surface area (Å²) >= 11 is 0. The van der Waals surface area contributed by atoms with Gasteiger partial charge in [-0.15, -0.1) is 0 Å². The summed E-state index contributed by atoms with van der Waals surface area (Å²) in [4.78, 5) is 15.7. The van der Waals surface area contributed by atoms with Crippen molar-refractivity contribution in [1.29, 1.82) is 0 Å². The van der Waals surface area contributed by atoms with E-state index in [1.165, 1.54) is 6.07 Å². The first-order valence-corrected chi connectivity index (χ1v) is 9.94. The lowest BCUT2D eigenvalue weighted by Crippen LogP contribution is -2.54. The van der Waals surface area contributed by atoms with Gasteiger partial charge >= 0.3 is 6.09 Å². The number of ether oxygens (including phenoxy) is 3. The molecule has 2 saturated heterocycles. The van der Waals surface area contributed by atoms with Gasteiger partial charge in [-0.05, 0) is 31.9 Å². The lowest BCUT2D eigenvalue weighted by Gasteiger charge is -2.39. The van der Waals surface area contributed by atoms with Crippen LogP contribution in [0.3, 0.4) is 0 Å². The number of hydrogen-bond acceptors (Lipinski definition) is 6. The summed E-state index contributed by atoms with van der Waals surface area (Å²) in [5.74, 6) is -1.80. The second kappa shape index (κ2) is 9.69. The first-order chi connectivity index (χ1) is 13.9. The molecule has 2 fully saturated rings. The van der Waals surface area contributed by atoms with Crippen LogP contribution in [0.2, 0.25) is 0 Å². The van der Waals surface area contributed by atoms with Gasteiger partial charge in [0.2, 0.25) is 0 Å². The fraction of sp³-hybridized carbons (Fsp3) is 0.650. The number of piperidine rings is 1. The molecule has 29 heavy (non-hydrogen) atoms. The zero-order valence-corrected chi connectivity index (χ0v) is 16.6. The summed E-state index contributed by atoms with van der Waals surface area (Å²) in [5.41, 5.74) is -1.28. The number of carbonyl (C=O) groups is 1. The zero-order valence-electron chi connectivity index (χ0n) is 16.6. The molecule has 2 aliphatic rings. The molecular weight excluding hydrogens is 386 g/mol. The minimum absolute atomic E-state index is 0.0921. The van der Waals surface area contributed by atoms with Crippen molar-refractivity contribution in [1.82, 2.24) is 9.80 Å². The van der Waals surface area contributed by atoms with Crippen molar-refractivity contribution in [3.05, 3.63) is 29.8 Å². The normalized spacial score (nSPS) is 24.2. The van der Waals surface area contributed by atoms with Crippen LogP contribution in [-0.4, -0.2) is 85.2 Å². The smallest absolute Gasteiger partial charge is 0.409 e. The van der Waals surface area contributed by atoms with Crippen LogP contribution in [0.15, 0.2) is 18.2 Å². The molecule has 0 unspecified atom stereocenters. The van der Waals surface area contributed by atoms with Gasteiger partial charge in [-0.25, -0.2) is 13.6 Å². The summed E-state index contributed by atoms with van der Waals surface area (Å²) in [6.07, 6.45) is 1.26. The number of benzene rings is 1. The zero-order chi connectivity index (χ0) is 20.9. The molecule has 9 heteroatoms. The minimum Gasteiger partial charge on any atom is -0.490 e. The van der Waals surface area contributed by atoms with Crippen molar-refractivity contribution in [2.45, 2.75) is 31.4 Å². The monoisotopic (exact) mass is 414 g/mol. The molecule has 1 atom stereocenters. The summed E-state index contributed by atoms with van der Waals surface area (Å²) in [7, 11) is 0. The van der Waals surface area contributed by atoms with Gasteiger partial charge < -0.3 is 24.2 Å². The van der Waals surface area contributed by atoms with Gasteiger partial charge in [0.05, 0.1) is 19.8 Å². The highest BCUT2D eigenvalue weighted by Crippen LogP contribution is 2.23. The standard InChI is InChI=1S/C20H28F2N2O5/c1-2-28-19(25)23-7-5-15(6-8-23)24-9-10-27-13-20(26,12-24)14-29-16-3-4-17(21)18(22)11-16/h3-4,11,15,26H,2,5-10,12-14H2,1H3/t20-/m1/s1. The van der Waals surface area contributed by atoms with Crippen molar-refractivity contribution in [3.63, 3.8) is 0 Å². The molecule has 1 aromatic rings. The molecule has 0 saturated carbocycles. The fourth-order valence-electron chi connectivity index (χ4n) is 3.76. The first-order valence-electron chi connectivity index (χ1n) is 9.94. The molecule has 2 heterocycles. The van der Waals surface area contributed by atoms with Gasteiger partial charge in [-0.3, -0.25) is 4.90 Å². The van der Waals surface area contributed by atoms with Crippen molar-refractivity contribution >= 4 is 6.09 Å². The maximum atomic E-state index is 13.4. The van der Waals surface area contributed by atoms with Crippen LogP contribution >= 0.6 is 0 Å². The minimum atomic E-state index is -1.28. The van der Waals surface area contributed by atoms with Crippen molar-refractivity contribution < 1.29 is 32.9 Å². The molecule has 0 bridgehead atoms. The second-order valence-corrected chi connectivity index (χ2v) is 7.53. The lowest BCUT2D eigenvalue weighted by molar-refractivity contribution is -0.0689. The van der Waals surface area contributed by atoms with E-state index in [-0.39, 0.29) is 31.1 Å². The maximum absolute atomic E-state index is 13.4. The van der Waals surface area contributed by atoms with E-state index in [4.69, 9.17) is 14.2 Å². The Kier molecular flexibility index (Phi) is 7.26. The molecule has 3 rings (SSSR count). The highest BCUT2D eigenvalue weighted by Gasteiger charge is 2.37. The molecule has 0 aliphatic carbocycles. The Bertz CT molecular complexity index is 699. The number of halogens is 2. The Labute approximate surface area is 169 Å². The largest absolute Gasteiger partial charge is 0.490 e. The molecule has 1 amide bonds. The SMILES string of the molecule is CCOC(=O)N1CCC(N2CCOC[C@@](O)(COc3ccc(F)c(F)c3)C2)CC1. The van der Waals surface area contributed by atoms with E-state index in [0.717, 1.165) is 25.0 Å². The van der Waals surface area contributed by atoms with Gasteiger partial charge in [-0.2, -0.15) is 0 Å². The molecule has 1 N–H and O–H groups in total. The highest BCUT2D eigenvalue weighted by atomic mass is 19.2. The quantitative estimate of drug-likeness (QED) is 0.795. The number of hydrogen-bond donors (Lipinski definition) is 1. The van der Waals surface area contributed by atoms with E-state index in [2.05, 4.69) is 4.90 Å². The Morgan fingerprint density at radius 2 is 2.03 bits per heavy atom. The third kappa shape index (κ3) is 5.77. The Morgan fingerprint density at radius 3 is 2.72 bits per heavy atom.